The summed E-state index contributed by atoms with van der Waals surface area (Å²) < 4.78 is 0. The molecule has 2 unspecified atom stereocenters. The second-order valence-electron chi connectivity index (χ2n) is 5.83. The number of hydrogen-bond donors (Lipinski definition) is 0. The fourth-order valence-corrected chi connectivity index (χ4v) is 2.92. The molecule has 1 aromatic carbocycles. The normalized spacial score (nSPS) is 21.7. The topological polar surface area (TPSA) is 28.5 Å². The molecule has 3 heteroatoms. The van der Waals surface area contributed by atoms with Gasteiger partial charge >= 0.3 is 0 Å². The Labute approximate surface area is 126 Å². The van der Waals surface area contributed by atoms with Crippen LogP contribution in [-0.2, 0) is 0 Å². The van der Waals surface area contributed by atoms with E-state index in [0.717, 1.165) is 18.5 Å². The summed E-state index contributed by atoms with van der Waals surface area (Å²) in [6.45, 7) is 3.37. The first-order valence-corrected chi connectivity index (χ1v) is 7.46. The van der Waals surface area contributed by atoms with Crippen molar-refractivity contribution in [3.63, 3.8) is 0 Å². The number of benzene rings is 1. The molecule has 108 valence electrons. The highest BCUT2D eigenvalue weighted by Crippen LogP contribution is 2.28. The lowest BCUT2D eigenvalue weighted by atomic mass is 10.0. The lowest BCUT2D eigenvalue weighted by Gasteiger charge is -2.18. The summed E-state index contributed by atoms with van der Waals surface area (Å²) in [6, 6.07) is 14.6. The van der Waals surface area contributed by atoms with E-state index in [1.165, 1.54) is 11.4 Å². The van der Waals surface area contributed by atoms with Crippen LogP contribution in [0.2, 0.25) is 0 Å². The second-order valence-corrected chi connectivity index (χ2v) is 5.83. The van der Waals surface area contributed by atoms with Gasteiger partial charge in [0.05, 0.1) is 0 Å². The van der Waals surface area contributed by atoms with Crippen LogP contribution in [0.3, 0.4) is 0 Å². The van der Waals surface area contributed by atoms with Crippen LogP contribution in [0.1, 0.15) is 30.5 Å². The van der Waals surface area contributed by atoms with Crippen molar-refractivity contribution in [2.24, 2.45) is 10.9 Å². The van der Waals surface area contributed by atoms with E-state index in [2.05, 4.69) is 54.2 Å². The highest BCUT2D eigenvalue weighted by atomic mass is 15.2. The van der Waals surface area contributed by atoms with Gasteiger partial charge in [-0.05, 0) is 23.1 Å². The lowest BCUT2D eigenvalue weighted by Crippen LogP contribution is -2.20. The van der Waals surface area contributed by atoms with Gasteiger partial charge in [-0.2, -0.15) is 0 Å². The Balaban J connectivity index is 2.00. The number of likely N-dealkylation sites (tertiary alicyclic amines) is 1. The standard InChI is InChI=1S/C18H21N3/c1-14-11-17(21(2)13-14)20-18(15-7-4-3-5-8-15)16-9-6-10-19-12-16/h3-10,12,14,18H,11,13H2,1-2H3. The number of aromatic nitrogens is 1. The number of pyridine rings is 1. The van der Waals surface area contributed by atoms with Crippen molar-refractivity contribution in [1.29, 1.82) is 0 Å². The fourth-order valence-electron chi connectivity index (χ4n) is 2.92. The van der Waals surface area contributed by atoms with Crippen molar-refractivity contribution >= 4 is 5.84 Å². The minimum Gasteiger partial charge on any atom is -0.363 e. The molecule has 0 bridgehead atoms. The van der Waals surface area contributed by atoms with E-state index in [1.807, 2.05) is 24.5 Å². The monoisotopic (exact) mass is 279 g/mol. The minimum absolute atomic E-state index is 0.0302. The molecular weight excluding hydrogens is 258 g/mol. The Morgan fingerprint density at radius 3 is 2.52 bits per heavy atom. The molecule has 0 N–H and O–H groups in total. The summed E-state index contributed by atoms with van der Waals surface area (Å²) in [6.07, 6.45) is 4.78. The van der Waals surface area contributed by atoms with E-state index in [9.17, 15) is 0 Å². The van der Waals surface area contributed by atoms with Gasteiger partial charge in [-0.25, -0.2) is 0 Å². The lowest BCUT2D eigenvalue weighted by molar-refractivity contribution is 0.481. The van der Waals surface area contributed by atoms with E-state index in [0.29, 0.717) is 5.92 Å². The molecule has 1 fully saturated rings. The van der Waals surface area contributed by atoms with Crippen LogP contribution in [0.5, 0.6) is 0 Å². The quantitative estimate of drug-likeness (QED) is 0.859. The average Bonchev–Trinajstić information content (AvgIpc) is 2.84. The largest absolute Gasteiger partial charge is 0.363 e. The Bertz CT molecular complexity index is 567. The Kier molecular flexibility index (Phi) is 4.00. The fraction of sp³-hybridized carbons (Fsp3) is 0.333. The van der Waals surface area contributed by atoms with Crippen molar-refractivity contribution in [1.82, 2.24) is 9.88 Å². The second kappa shape index (κ2) is 6.08. The summed E-state index contributed by atoms with van der Waals surface area (Å²) in [4.78, 5) is 11.6. The maximum Gasteiger partial charge on any atom is 0.103 e. The van der Waals surface area contributed by atoms with Crippen molar-refractivity contribution in [3.05, 3.63) is 66.0 Å². The number of rotatable bonds is 3. The van der Waals surface area contributed by atoms with Gasteiger partial charge in [-0.3, -0.25) is 9.98 Å². The molecule has 3 rings (SSSR count). The molecule has 0 amide bonds. The predicted octanol–water partition coefficient (Wildman–Crippen LogP) is 3.54. The van der Waals surface area contributed by atoms with E-state index in [1.54, 1.807) is 0 Å². The molecule has 1 aromatic heterocycles. The van der Waals surface area contributed by atoms with Crippen LogP contribution < -0.4 is 0 Å². The zero-order valence-electron chi connectivity index (χ0n) is 12.6. The van der Waals surface area contributed by atoms with Crippen molar-refractivity contribution in [3.8, 4) is 0 Å². The minimum atomic E-state index is 0.0302. The molecule has 21 heavy (non-hydrogen) atoms. The first kappa shape index (κ1) is 13.8. The maximum atomic E-state index is 5.05. The molecule has 3 nitrogen and oxygen atoms in total. The highest BCUT2D eigenvalue weighted by molar-refractivity contribution is 5.84. The zero-order chi connectivity index (χ0) is 14.7. The molecule has 2 aromatic rings. The first-order chi connectivity index (χ1) is 10.2. The van der Waals surface area contributed by atoms with E-state index < -0.39 is 0 Å². The van der Waals surface area contributed by atoms with Gasteiger partial charge in [-0.15, -0.1) is 0 Å². The molecule has 1 aliphatic heterocycles. The highest BCUT2D eigenvalue weighted by Gasteiger charge is 2.23. The van der Waals surface area contributed by atoms with Gasteiger partial charge in [-0.1, -0.05) is 43.3 Å². The first-order valence-electron chi connectivity index (χ1n) is 7.46. The third kappa shape index (κ3) is 3.13. The Morgan fingerprint density at radius 2 is 1.90 bits per heavy atom. The summed E-state index contributed by atoms with van der Waals surface area (Å²) in [7, 11) is 2.13. The van der Waals surface area contributed by atoms with Crippen LogP contribution in [0.25, 0.3) is 0 Å². The predicted molar refractivity (Wildman–Crippen MR) is 86.4 cm³/mol. The Morgan fingerprint density at radius 1 is 1.14 bits per heavy atom. The van der Waals surface area contributed by atoms with Crippen molar-refractivity contribution < 1.29 is 0 Å². The molecular formula is C18H21N3. The van der Waals surface area contributed by atoms with Crippen LogP contribution in [-0.4, -0.2) is 29.3 Å². The molecule has 1 aliphatic rings. The number of aliphatic imine (C=N–C) groups is 1. The van der Waals surface area contributed by atoms with Crippen LogP contribution in [0, 0.1) is 5.92 Å². The average molecular weight is 279 g/mol. The van der Waals surface area contributed by atoms with Gasteiger partial charge < -0.3 is 4.90 Å². The number of hydrogen-bond acceptors (Lipinski definition) is 2. The Hall–Kier alpha value is -2.16. The van der Waals surface area contributed by atoms with Gasteiger partial charge in [0.25, 0.3) is 0 Å². The van der Waals surface area contributed by atoms with Crippen molar-refractivity contribution in [2.45, 2.75) is 19.4 Å². The SMILES string of the molecule is CC1CC(=NC(c2ccccc2)c2cccnc2)N(C)C1. The van der Waals surface area contributed by atoms with Gasteiger partial charge in [0, 0.05) is 32.4 Å². The molecule has 2 atom stereocenters. The van der Waals surface area contributed by atoms with E-state index >= 15 is 0 Å². The summed E-state index contributed by atoms with van der Waals surface area (Å²) in [5.74, 6) is 1.87. The third-order valence-electron chi connectivity index (χ3n) is 3.95. The maximum absolute atomic E-state index is 5.05. The molecule has 0 saturated carbocycles. The molecule has 1 saturated heterocycles. The molecule has 0 aliphatic carbocycles. The molecule has 0 radical (unpaired) electrons. The number of nitrogens with zero attached hydrogens (tertiary/aromatic N) is 3. The van der Waals surface area contributed by atoms with Gasteiger partial charge in [0.15, 0.2) is 0 Å². The number of amidine groups is 1. The van der Waals surface area contributed by atoms with Gasteiger partial charge in [0.1, 0.15) is 11.9 Å². The molecule has 0 spiro atoms. The van der Waals surface area contributed by atoms with Crippen LogP contribution in [0.4, 0.5) is 0 Å². The summed E-state index contributed by atoms with van der Waals surface area (Å²) in [5.41, 5.74) is 2.36. The van der Waals surface area contributed by atoms with Crippen molar-refractivity contribution in [2.75, 3.05) is 13.6 Å². The van der Waals surface area contributed by atoms with Crippen LogP contribution >= 0.6 is 0 Å². The zero-order valence-corrected chi connectivity index (χ0v) is 12.6. The smallest absolute Gasteiger partial charge is 0.103 e. The van der Waals surface area contributed by atoms with Crippen LogP contribution in [0.15, 0.2) is 59.9 Å². The molecule has 2 heterocycles. The summed E-state index contributed by atoms with van der Waals surface area (Å²) >= 11 is 0. The van der Waals surface area contributed by atoms with E-state index in [4.69, 9.17) is 4.99 Å². The summed E-state index contributed by atoms with van der Waals surface area (Å²) in [5, 5.41) is 0. The van der Waals surface area contributed by atoms with Gasteiger partial charge in [0.2, 0.25) is 0 Å². The third-order valence-corrected chi connectivity index (χ3v) is 3.95. The van der Waals surface area contributed by atoms with E-state index in [-0.39, 0.29) is 6.04 Å².